The second-order valence-corrected chi connectivity index (χ2v) is 7.22. The van der Waals surface area contributed by atoms with Crippen molar-refractivity contribution in [2.75, 3.05) is 11.5 Å². The highest BCUT2D eigenvalue weighted by Gasteiger charge is 2.16. The van der Waals surface area contributed by atoms with Crippen LogP contribution in [0.1, 0.15) is 28.8 Å². The van der Waals surface area contributed by atoms with Crippen LogP contribution in [0.15, 0.2) is 60.7 Å². The van der Waals surface area contributed by atoms with Crippen LogP contribution in [0.2, 0.25) is 0 Å². The fourth-order valence-electron chi connectivity index (χ4n) is 2.09. The second-order valence-electron chi connectivity index (χ2n) is 4.92. The lowest BCUT2D eigenvalue weighted by molar-refractivity contribution is 0.103. The molecule has 110 valence electrons. The molecule has 4 heteroatoms. The minimum Gasteiger partial charge on any atom is -0.289 e. The molecule has 0 unspecified atom stereocenters. The molecule has 1 fully saturated rings. The van der Waals surface area contributed by atoms with Crippen molar-refractivity contribution in [1.29, 1.82) is 0 Å². The maximum absolute atomic E-state index is 11.8. The Morgan fingerprint density at radius 2 is 1.10 bits per heavy atom. The third-order valence-electron chi connectivity index (χ3n) is 3.23. The molecule has 2 aromatic rings. The lowest BCUT2D eigenvalue weighted by Crippen LogP contribution is -1.99. The Morgan fingerprint density at radius 1 is 0.714 bits per heavy atom. The fourth-order valence-corrected chi connectivity index (χ4v) is 3.58. The van der Waals surface area contributed by atoms with Gasteiger partial charge in [-0.1, -0.05) is 60.7 Å². The average molecular weight is 302 g/mol. The molecule has 21 heavy (non-hydrogen) atoms. The summed E-state index contributed by atoms with van der Waals surface area (Å²) in [6, 6.07) is 18.6. The van der Waals surface area contributed by atoms with E-state index in [1.807, 2.05) is 60.7 Å². The van der Waals surface area contributed by atoms with Crippen LogP contribution in [0.4, 0.5) is 0 Å². The van der Waals surface area contributed by atoms with Gasteiger partial charge >= 0.3 is 0 Å². The van der Waals surface area contributed by atoms with E-state index in [1.165, 1.54) is 0 Å². The minimum atomic E-state index is -2.55. The quantitative estimate of drug-likeness (QED) is 0.801. The summed E-state index contributed by atoms with van der Waals surface area (Å²) in [6.45, 7) is 0. The SMILES string of the molecule is O=C(c1ccccc1)c1ccccc1.O=S1(=O)CCCC1. The third kappa shape index (κ3) is 4.83. The number of sulfone groups is 1. The van der Waals surface area contributed by atoms with E-state index in [0.717, 1.165) is 24.0 Å². The number of ketones is 1. The van der Waals surface area contributed by atoms with Gasteiger partial charge in [-0.05, 0) is 12.8 Å². The standard InChI is InChI=1S/C13H10O.C4H8O2S/c14-13(11-7-3-1-4-8-11)12-9-5-2-6-10-12;5-7(6)3-1-2-4-7/h1-10H;1-4H2. The predicted molar refractivity (Wildman–Crippen MR) is 84.2 cm³/mol. The molecule has 2 aromatic carbocycles. The number of hydrogen-bond donors (Lipinski definition) is 0. The van der Waals surface area contributed by atoms with Gasteiger partial charge in [-0.2, -0.15) is 0 Å². The third-order valence-corrected chi connectivity index (χ3v) is 5.05. The van der Waals surface area contributed by atoms with Crippen LogP contribution < -0.4 is 0 Å². The van der Waals surface area contributed by atoms with E-state index in [0.29, 0.717) is 11.5 Å². The molecule has 0 bridgehead atoms. The van der Waals surface area contributed by atoms with E-state index in [-0.39, 0.29) is 5.78 Å². The van der Waals surface area contributed by atoms with Gasteiger partial charge < -0.3 is 0 Å². The van der Waals surface area contributed by atoms with Crippen LogP contribution in [0.5, 0.6) is 0 Å². The van der Waals surface area contributed by atoms with E-state index in [1.54, 1.807) is 0 Å². The molecule has 0 spiro atoms. The largest absolute Gasteiger partial charge is 0.289 e. The smallest absolute Gasteiger partial charge is 0.193 e. The van der Waals surface area contributed by atoms with Crippen molar-refractivity contribution in [3.05, 3.63) is 71.8 Å². The van der Waals surface area contributed by atoms with Crippen LogP contribution in [-0.4, -0.2) is 25.7 Å². The van der Waals surface area contributed by atoms with E-state index in [2.05, 4.69) is 0 Å². The predicted octanol–water partition coefficient (Wildman–Crippen LogP) is 3.11. The molecule has 0 N–H and O–H groups in total. The summed E-state index contributed by atoms with van der Waals surface area (Å²) in [7, 11) is -2.55. The molecule has 0 radical (unpaired) electrons. The van der Waals surface area contributed by atoms with Crippen LogP contribution >= 0.6 is 0 Å². The number of carbonyl (C=O) groups is 1. The lowest BCUT2D eigenvalue weighted by atomic mass is 10.0. The van der Waals surface area contributed by atoms with E-state index in [4.69, 9.17) is 0 Å². The molecule has 3 nitrogen and oxygen atoms in total. The molecule has 0 aromatic heterocycles. The summed E-state index contributed by atoms with van der Waals surface area (Å²) < 4.78 is 20.9. The highest BCUT2D eigenvalue weighted by atomic mass is 32.2. The molecule has 0 amide bonds. The Balaban J connectivity index is 0.000000194. The zero-order valence-electron chi connectivity index (χ0n) is 11.7. The molecule has 1 saturated heterocycles. The van der Waals surface area contributed by atoms with Crippen molar-refractivity contribution in [2.45, 2.75) is 12.8 Å². The Hall–Kier alpha value is -1.94. The molecule has 0 atom stereocenters. The van der Waals surface area contributed by atoms with Gasteiger partial charge in [0.1, 0.15) is 9.84 Å². The van der Waals surface area contributed by atoms with Crippen LogP contribution in [-0.2, 0) is 9.84 Å². The zero-order valence-corrected chi connectivity index (χ0v) is 12.6. The van der Waals surface area contributed by atoms with E-state index < -0.39 is 9.84 Å². The number of hydrogen-bond acceptors (Lipinski definition) is 3. The van der Waals surface area contributed by atoms with Crippen LogP contribution in [0.3, 0.4) is 0 Å². The van der Waals surface area contributed by atoms with Crippen LogP contribution in [0, 0.1) is 0 Å². The second kappa shape index (κ2) is 7.18. The van der Waals surface area contributed by atoms with Crippen LogP contribution in [0.25, 0.3) is 0 Å². The molecular weight excluding hydrogens is 284 g/mol. The highest BCUT2D eigenvalue weighted by Crippen LogP contribution is 2.09. The molecule has 1 aliphatic rings. The average Bonchev–Trinajstić information content (AvgIpc) is 2.93. The Kier molecular flexibility index (Phi) is 5.28. The Labute approximate surface area is 125 Å². The summed E-state index contributed by atoms with van der Waals surface area (Å²) in [4.78, 5) is 11.8. The summed E-state index contributed by atoms with van der Waals surface area (Å²) >= 11 is 0. The first-order valence-corrected chi connectivity index (χ1v) is 8.76. The molecule has 0 aliphatic carbocycles. The summed E-state index contributed by atoms with van der Waals surface area (Å²) in [5.74, 6) is 0.922. The van der Waals surface area contributed by atoms with Gasteiger partial charge in [-0.3, -0.25) is 4.79 Å². The van der Waals surface area contributed by atoms with Crippen molar-refractivity contribution in [2.24, 2.45) is 0 Å². The topological polar surface area (TPSA) is 51.2 Å². The van der Waals surface area contributed by atoms with Gasteiger partial charge in [-0.15, -0.1) is 0 Å². The fraction of sp³-hybridized carbons (Fsp3) is 0.235. The van der Waals surface area contributed by atoms with Crippen molar-refractivity contribution < 1.29 is 13.2 Å². The van der Waals surface area contributed by atoms with Gasteiger partial charge in [0.15, 0.2) is 5.78 Å². The normalized spacial score (nSPS) is 15.8. The van der Waals surface area contributed by atoms with E-state index >= 15 is 0 Å². The number of benzene rings is 2. The van der Waals surface area contributed by atoms with Crippen molar-refractivity contribution in [1.82, 2.24) is 0 Å². The first kappa shape index (κ1) is 15.4. The van der Waals surface area contributed by atoms with Gasteiger partial charge in [0.05, 0.1) is 11.5 Å². The number of carbonyl (C=O) groups excluding carboxylic acids is 1. The molecule has 0 saturated carbocycles. The van der Waals surface area contributed by atoms with E-state index in [9.17, 15) is 13.2 Å². The molecule has 1 heterocycles. The first-order valence-electron chi connectivity index (χ1n) is 6.94. The van der Waals surface area contributed by atoms with Crippen molar-refractivity contribution in [3.63, 3.8) is 0 Å². The summed E-state index contributed by atoms with van der Waals surface area (Å²) in [5.41, 5.74) is 1.47. The van der Waals surface area contributed by atoms with Crippen molar-refractivity contribution in [3.8, 4) is 0 Å². The first-order chi connectivity index (χ1) is 10.1. The van der Waals surface area contributed by atoms with Gasteiger partial charge in [0, 0.05) is 11.1 Å². The molecule has 3 rings (SSSR count). The maximum atomic E-state index is 11.8. The van der Waals surface area contributed by atoms with Gasteiger partial charge in [0.2, 0.25) is 0 Å². The van der Waals surface area contributed by atoms with Gasteiger partial charge in [0.25, 0.3) is 0 Å². The maximum Gasteiger partial charge on any atom is 0.193 e. The Morgan fingerprint density at radius 3 is 1.38 bits per heavy atom. The van der Waals surface area contributed by atoms with Crippen molar-refractivity contribution >= 4 is 15.6 Å². The summed E-state index contributed by atoms with van der Waals surface area (Å²) in [5, 5.41) is 0. The number of rotatable bonds is 2. The minimum absolute atomic E-state index is 0.0752. The monoisotopic (exact) mass is 302 g/mol. The lowest BCUT2D eigenvalue weighted by Gasteiger charge is -1.99. The summed E-state index contributed by atoms with van der Waals surface area (Å²) in [6.07, 6.45) is 1.75. The highest BCUT2D eigenvalue weighted by molar-refractivity contribution is 7.91. The zero-order chi connectivity index (χ0) is 15.1. The Bertz CT molecular complexity index is 623. The molecule has 1 aliphatic heterocycles. The van der Waals surface area contributed by atoms with Gasteiger partial charge in [-0.25, -0.2) is 8.42 Å². The molecular formula is C17H18O3S.